The standard InChI is InChI=1S/C15H16O7/c1-8-4-12(17)22-11-5-9(2-3-10(8)11)21-14-13(18)15(19,6-16)7-20-14/h2-5,13-14,16,18-19H,6-7H2,1H3/t13-,14-,15+/m0/s1. The molecule has 1 aromatic heterocycles. The maximum Gasteiger partial charge on any atom is 0.336 e. The number of rotatable bonds is 3. The average Bonchev–Trinajstić information content (AvgIpc) is 2.76. The summed E-state index contributed by atoms with van der Waals surface area (Å²) in [4.78, 5) is 11.4. The smallest absolute Gasteiger partial charge is 0.336 e. The van der Waals surface area contributed by atoms with Gasteiger partial charge in [-0.25, -0.2) is 4.79 Å². The molecule has 7 heteroatoms. The van der Waals surface area contributed by atoms with E-state index in [1.807, 2.05) is 0 Å². The van der Waals surface area contributed by atoms with Crippen molar-refractivity contribution >= 4 is 11.0 Å². The summed E-state index contributed by atoms with van der Waals surface area (Å²) in [6, 6.07) is 6.27. The van der Waals surface area contributed by atoms with Crippen LogP contribution in [0.1, 0.15) is 5.56 Å². The van der Waals surface area contributed by atoms with Gasteiger partial charge in [-0.3, -0.25) is 0 Å². The lowest BCUT2D eigenvalue weighted by molar-refractivity contribution is -0.115. The monoisotopic (exact) mass is 308 g/mol. The van der Waals surface area contributed by atoms with Gasteiger partial charge in [-0.05, 0) is 24.6 Å². The Kier molecular flexibility index (Phi) is 3.65. The summed E-state index contributed by atoms with van der Waals surface area (Å²) in [6.45, 7) is 0.919. The molecule has 0 bridgehead atoms. The van der Waals surface area contributed by atoms with Crippen LogP contribution in [0.3, 0.4) is 0 Å². The number of hydrogen-bond donors (Lipinski definition) is 3. The van der Waals surface area contributed by atoms with E-state index in [0.29, 0.717) is 11.3 Å². The van der Waals surface area contributed by atoms with Gasteiger partial charge in [-0.15, -0.1) is 0 Å². The molecule has 1 fully saturated rings. The molecule has 1 aliphatic heterocycles. The minimum absolute atomic E-state index is 0.239. The molecule has 1 saturated heterocycles. The van der Waals surface area contributed by atoms with Crippen molar-refractivity contribution in [2.75, 3.05) is 13.2 Å². The van der Waals surface area contributed by atoms with Gasteiger partial charge in [0.2, 0.25) is 6.29 Å². The van der Waals surface area contributed by atoms with Crippen LogP contribution in [0.25, 0.3) is 11.0 Å². The third-order valence-corrected chi connectivity index (χ3v) is 3.75. The van der Waals surface area contributed by atoms with Crippen molar-refractivity contribution in [1.29, 1.82) is 0 Å². The van der Waals surface area contributed by atoms with E-state index in [-0.39, 0.29) is 6.61 Å². The van der Waals surface area contributed by atoms with Crippen LogP contribution in [0.5, 0.6) is 5.75 Å². The topological polar surface area (TPSA) is 109 Å². The second kappa shape index (κ2) is 5.36. The molecule has 7 nitrogen and oxygen atoms in total. The quantitative estimate of drug-likeness (QED) is 0.680. The Morgan fingerprint density at radius 1 is 1.41 bits per heavy atom. The molecule has 1 aliphatic rings. The van der Waals surface area contributed by atoms with E-state index in [1.54, 1.807) is 19.1 Å². The molecule has 118 valence electrons. The number of ether oxygens (including phenoxy) is 2. The van der Waals surface area contributed by atoms with E-state index in [2.05, 4.69) is 0 Å². The Balaban J connectivity index is 1.88. The van der Waals surface area contributed by atoms with Crippen LogP contribution in [0.4, 0.5) is 0 Å². The molecule has 0 aliphatic carbocycles. The average molecular weight is 308 g/mol. The van der Waals surface area contributed by atoms with Crippen LogP contribution in [0, 0.1) is 6.92 Å². The molecule has 1 aromatic carbocycles. The highest BCUT2D eigenvalue weighted by molar-refractivity contribution is 5.81. The van der Waals surface area contributed by atoms with Crippen molar-refractivity contribution in [1.82, 2.24) is 0 Å². The summed E-state index contributed by atoms with van der Waals surface area (Å²) in [5.74, 6) is 0.312. The van der Waals surface area contributed by atoms with Crippen LogP contribution in [0.15, 0.2) is 33.5 Å². The van der Waals surface area contributed by atoms with Gasteiger partial charge in [0.05, 0.1) is 13.2 Å². The minimum atomic E-state index is -1.75. The Bertz CT molecular complexity index is 753. The fourth-order valence-electron chi connectivity index (χ4n) is 2.41. The Labute approximate surface area is 125 Å². The molecule has 0 saturated carbocycles. The van der Waals surface area contributed by atoms with Gasteiger partial charge in [-0.2, -0.15) is 0 Å². The van der Waals surface area contributed by atoms with E-state index in [9.17, 15) is 15.0 Å². The molecule has 2 aromatic rings. The predicted octanol–water partition coefficient (Wildman–Crippen LogP) is -0.0792. The van der Waals surface area contributed by atoms with Crippen molar-refractivity contribution in [3.63, 3.8) is 0 Å². The largest absolute Gasteiger partial charge is 0.462 e. The number of aryl methyl sites for hydroxylation is 1. The number of hydrogen-bond acceptors (Lipinski definition) is 7. The lowest BCUT2D eigenvalue weighted by Crippen LogP contribution is -2.48. The molecule has 2 heterocycles. The molecular formula is C15H16O7. The minimum Gasteiger partial charge on any atom is -0.462 e. The van der Waals surface area contributed by atoms with Crippen LogP contribution >= 0.6 is 0 Å². The first-order chi connectivity index (χ1) is 10.4. The van der Waals surface area contributed by atoms with Crippen molar-refractivity contribution < 1.29 is 29.2 Å². The van der Waals surface area contributed by atoms with Crippen molar-refractivity contribution in [3.05, 3.63) is 40.2 Å². The van der Waals surface area contributed by atoms with E-state index >= 15 is 0 Å². The number of fused-ring (bicyclic) bond motifs is 1. The third kappa shape index (κ3) is 2.48. The first-order valence-electron chi connectivity index (χ1n) is 6.77. The van der Waals surface area contributed by atoms with Crippen LogP contribution in [0.2, 0.25) is 0 Å². The van der Waals surface area contributed by atoms with E-state index in [1.165, 1.54) is 12.1 Å². The molecule has 0 amide bonds. The maximum atomic E-state index is 11.4. The van der Waals surface area contributed by atoms with E-state index in [0.717, 1.165) is 10.9 Å². The molecule has 3 rings (SSSR count). The van der Waals surface area contributed by atoms with E-state index in [4.69, 9.17) is 19.0 Å². The van der Waals surface area contributed by atoms with E-state index < -0.39 is 30.2 Å². The summed E-state index contributed by atoms with van der Waals surface area (Å²) in [5.41, 5.74) is -1.07. The summed E-state index contributed by atoms with van der Waals surface area (Å²) in [5, 5.41) is 29.7. The summed E-state index contributed by atoms with van der Waals surface area (Å²) in [7, 11) is 0. The first-order valence-corrected chi connectivity index (χ1v) is 6.77. The highest BCUT2D eigenvalue weighted by Gasteiger charge is 2.49. The SMILES string of the molecule is Cc1cc(=O)oc2cc(O[C@@H]3OC[C@](O)(CO)[C@H]3O)ccc12. The summed E-state index contributed by atoms with van der Waals surface area (Å²) in [6.07, 6.45) is -2.51. The normalized spacial score (nSPS) is 28.2. The molecular weight excluding hydrogens is 292 g/mol. The molecule has 0 spiro atoms. The summed E-state index contributed by atoms with van der Waals surface area (Å²) >= 11 is 0. The fraction of sp³-hybridized carbons (Fsp3) is 0.400. The highest BCUT2D eigenvalue weighted by atomic mass is 16.7. The van der Waals surface area contributed by atoms with Crippen molar-refractivity contribution in [2.24, 2.45) is 0 Å². The molecule has 22 heavy (non-hydrogen) atoms. The van der Waals surface area contributed by atoms with Crippen molar-refractivity contribution in [3.8, 4) is 5.75 Å². The Morgan fingerprint density at radius 2 is 2.18 bits per heavy atom. The highest BCUT2D eigenvalue weighted by Crippen LogP contribution is 2.29. The van der Waals surface area contributed by atoms with Gasteiger partial charge in [0.1, 0.15) is 23.0 Å². The predicted molar refractivity (Wildman–Crippen MR) is 75.6 cm³/mol. The number of benzene rings is 1. The van der Waals surface area contributed by atoms with Gasteiger partial charge in [-0.1, -0.05) is 0 Å². The fourth-order valence-corrected chi connectivity index (χ4v) is 2.41. The van der Waals surface area contributed by atoms with Gasteiger partial charge in [0.15, 0.2) is 0 Å². The lowest BCUT2D eigenvalue weighted by atomic mass is 10.0. The van der Waals surface area contributed by atoms with Gasteiger partial charge in [0, 0.05) is 17.5 Å². The van der Waals surface area contributed by atoms with Gasteiger partial charge < -0.3 is 29.2 Å². The lowest BCUT2D eigenvalue weighted by Gasteiger charge is -2.23. The number of aliphatic hydroxyl groups is 3. The maximum absolute atomic E-state index is 11.4. The van der Waals surface area contributed by atoms with Gasteiger partial charge in [0.25, 0.3) is 0 Å². The van der Waals surface area contributed by atoms with Gasteiger partial charge >= 0.3 is 5.63 Å². The molecule has 3 N–H and O–H groups in total. The second-order valence-electron chi connectivity index (χ2n) is 5.41. The summed E-state index contributed by atoms with van der Waals surface area (Å²) < 4.78 is 15.7. The van der Waals surface area contributed by atoms with Crippen LogP contribution in [-0.4, -0.2) is 46.5 Å². The Hall–Kier alpha value is -1.93. The second-order valence-corrected chi connectivity index (χ2v) is 5.41. The first kappa shape index (κ1) is 15.0. The number of aliphatic hydroxyl groups excluding tert-OH is 2. The zero-order chi connectivity index (χ0) is 15.9. The van der Waals surface area contributed by atoms with Crippen LogP contribution < -0.4 is 10.4 Å². The third-order valence-electron chi connectivity index (χ3n) is 3.75. The molecule has 0 unspecified atom stereocenters. The zero-order valence-corrected chi connectivity index (χ0v) is 11.9. The Morgan fingerprint density at radius 3 is 2.86 bits per heavy atom. The van der Waals surface area contributed by atoms with Crippen LogP contribution in [-0.2, 0) is 4.74 Å². The molecule has 0 radical (unpaired) electrons. The zero-order valence-electron chi connectivity index (χ0n) is 11.9. The van der Waals surface area contributed by atoms with Crippen molar-refractivity contribution in [2.45, 2.75) is 24.9 Å². The molecule has 3 atom stereocenters.